The second-order valence-corrected chi connectivity index (χ2v) is 6.02. The molecule has 4 heteroatoms. The summed E-state index contributed by atoms with van der Waals surface area (Å²) in [5.74, 6) is 0.843. The zero-order chi connectivity index (χ0) is 15.5. The highest BCUT2D eigenvalue weighted by molar-refractivity contribution is 7.10. The van der Waals surface area contributed by atoms with Gasteiger partial charge >= 0.3 is 0 Å². The van der Waals surface area contributed by atoms with Crippen LogP contribution in [0.25, 0.3) is 11.3 Å². The minimum absolute atomic E-state index is 0.182. The van der Waals surface area contributed by atoms with E-state index in [0.717, 1.165) is 27.6 Å². The quantitative estimate of drug-likeness (QED) is 0.786. The van der Waals surface area contributed by atoms with Gasteiger partial charge in [0.15, 0.2) is 0 Å². The van der Waals surface area contributed by atoms with E-state index in [0.29, 0.717) is 0 Å². The molecule has 0 aliphatic heterocycles. The van der Waals surface area contributed by atoms with Crippen molar-refractivity contribution in [2.75, 3.05) is 7.11 Å². The Morgan fingerprint density at radius 3 is 2.50 bits per heavy atom. The average Bonchev–Trinajstić information content (AvgIpc) is 3.05. The van der Waals surface area contributed by atoms with E-state index >= 15 is 0 Å². The lowest BCUT2D eigenvalue weighted by molar-refractivity contribution is 0.415. The number of rotatable bonds is 4. The highest BCUT2D eigenvalue weighted by Crippen LogP contribution is 2.29. The Hall–Kier alpha value is -2.17. The van der Waals surface area contributed by atoms with Crippen molar-refractivity contribution in [3.63, 3.8) is 0 Å². The van der Waals surface area contributed by atoms with Gasteiger partial charge in [0.05, 0.1) is 18.8 Å². The number of thiazole rings is 1. The van der Waals surface area contributed by atoms with E-state index in [4.69, 9.17) is 15.5 Å². The third kappa shape index (κ3) is 2.89. The van der Waals surface area contributed by atoms with Gasteiger partial charge in [-0.1, -0.05) is 24.3 Å². The standard InChI is InChI=1S/C18H18N2OS/c1-12-5-3-4-6-15(12)17(19)18-20-16(11-22-18)13-7-9-14(21-2)10-8-13/h3-11,17H,19H2,1-2H3. The van der Waals surface area contributed by atoms with Crippen molar-refractivity contribution in [3.8, 4) is 17.0 Å². The van der Waals surface area contributed by atoms with E-state index in [-0.39, 0.29) is 6.04 Å². The van der Waals surface area contributed by atoms with Gasteiger partial charge in [-0.25, -0.2) is 4.98 Å². The van der Waals surface area contributed by atoms with Crippen molar-refractivity contribution >= 4 is 11.3 Å². The van der Waals surface area contributed by atoms with Crippen LogP contribution < -0.4 is 10.5 Å². The first-order valence-electron chi connectivity index (χ1n) is 7.10. The lowest BCUT2D eigenvalue weighted by atomic mass is 10.0. The Bertz CT molecular complexity index is 765. The Kier molecular flexibility index (Phi) is 4.22. The highest BCUT2D eigenvalue weighted by atomic mass is 32.1. The Labute approximate surface area is 134 Å². The minimum Gasteiger partial charge on any atom is -0.497 e. The van der Waals surface area contributed by atoms with Crippen LogP contribution in [0.15, 0.2) is 53.9 Å². The first-order chi connectivity index (χ1) is 10.7. The molecule has 3 nitrogen and oxygen atoms in total. The summed E-state index contributed by atoms with van der Waals surface area (Å²) in [6.07, 6.45) is 0. The molecule has 2 aromatic carbocycles. The van der Waals surface area contributed by atoms with Gasteiger partial charge in [0, 0.05) is 10.9 Å². The van der Waals surface area contributed by atoms with Gasteiger partial charge in [0.25, 0.3) is 0 Å². The van der Waals surface area contributed by atoms with Crippen molar-refractivity contribution in [3.05, 3.63) is 70.0 Å². The van der Waals surface area contributed by atoms with Gasteiger partial charge in [-0.3, -0.25) is 0 Å². The van der Waals surface area contributed by atoms with Crippen LogP contribution in [0.2, 0.25) is 0 Å². The zero-order valence-corrected chi connectivity index (χ0v) is 13.4. The molecule has 1 unspecified atom stereocenters. The Balaban J connectivity index is 1.88. The molecular weight excluding hydrogens is 292 g/mol. The molecule has 1 atom stereocenters. The molecule has 22 heavy (non-hydrogen) atoms. The number of aromatic nitrogens is 1. The van der Waals surface area contributed by atoms with Crippen LogP contribution in [0.4, 0.5) is 0 Å². The summed E-state index contributed by atoms with van der Waals surface area (Å²) >= 11 is 1.60. The fourth-order valence-electron chi connectivity index (χ4n) is 2.39. The molecule has 1 aromatic heterocycles. The second-order valence-electron chi connectivity index (χ2n) is 5.13. The molecule has 0 saturated heterocycles. The second kappa shape index (κ2) is 6.30. The SMILES string of the molecule is COc1ccc(-c2csc(C(N)c3ccccc3C)n2)cc1. The number of hydrogen-bond acceptors (Lipinski definition) is 4. The molecule has 0 fully saturated rings. The number of methoxy groups -OCH3 is 1. The van der Waals surface area contributed by atoms with Gasteiger partial charge < -0.3 is 10.5 Å². The van der Waals surface area contributed by atoms with Crippen LogP contribution in [-0.2, 0) is 0 Å². The van der Waals surface area contributed by atoms with Crippen LogP contribution in [0.1, 0.15) is 22.2 Å². The van der Waals surface area contributed by atoms with Gasteiger partial charge in [-0.05, 0) is 42.3 Å². The maximum Gasteiger partial charge on any atom is 0.118 e. The molecular formula is C18H18N2OS. The monoisotopic (exact) mass is 310 g/mol. The largest absolute Gasteiger partial charge is 0.497 e. The summed E-state index contributed by atoms with van der Waals surface area (Å²) in [5.41, 5.74) is 10.7. The summed E-state index contributed by atoms with van der Waals surface area (Å²) in [6, 6.07) is 15.9. The van der Waals surface area contributed by atoms with Crippen molar-refractivity contribution in [2.45, 2.75) is 13.0 Å². The number of aryl methyl sites for hydroxylation is 1. The van der Waals surface area contributed by atoms with E-state index in [9.17, 15) is 0 Å². The zero-order valence-electron chi connectivity index (χ0n) is 12.6. The van der Waals surface area contributed by atoms with Crippen LogP contribution in [0.5, 0.6) is 5.75 Å². The molecule has 2 N–H and O–H groups in total. The van der Waals surface area contributed by atoms with Crippen LogP contribution in [0.3, 0.4) is 0 Å². The van der Waals surface area contributed by atoms with Crippen molar-refractivity contribution in [1.82, 2.24) is 4.98 Å². The molecule has 0 radical (unpaired) electrons. The summed E-state index contributed by atoms with van der Waals surface area (Å²) in [6.45, 7) is 2.08. The number of hydrogen-bond donors (Lipinski definition) is 1. The Morgan fingerprint density at radius 2 is 1.82 bits per heavy atom. The van der Waals surface area contributed by atoms with Crippen molar-refractivity contribution < 1.29 is 4.74 Å². The first kappa shape index (κ1) is 14.8. The topological polar surface area (TPSA) is 48.1 Å². The molecule has 0 aliphatic carbocycles. The number of ether oxygens (including phenoxy) is 1. The number of nitrogens with two attached hydrogens (primary N) is 1. The third-order valence-corrected chi connectivity index (χ3v) is 4.63. The highest BCUT2D eigenvalue weighted by Gasteiger charge is 2.15. The maximum absolute atomic E-state index is 6.38. The maximum atomic E-state index is 6.38. The molecule has 0 aliphatic rings. The fraction of sp³-hybridized carbons (Fsp3) is 0.167. The van der Waals surface area contributed by atoms with Crippen LogP contribution in [0, 0.1) is 6.92 Å². The van der Waals surface area contributed by atoms with Crippen molar-refractivity contribution in [1.29, 1.82) is 0 Å². The van der Waals surface area contributed by atoms with E-state index in [1.165, 1.54) is 5.56 Å². The molecule has 0 saturated carbocycles. The first-order valence-corrected chi connectivity index (χ1v) is 7.98. The van der Waals surface area contributed by atoms with Gasteiger partial charge in [0.1, 0.15) is 10.8 Å². The molecule has 0 bridgehead atoms. The minimum atomic E-state index is -0.182. The molecule has 3 aromatic rings. The predicted octanol–water partition coefficient (Wildman–Crippen LogP) is 4.18. The predicted molar refractivity (Wildman–Crippen MR) is 91.3 cm³/mol. The number of benzene rings is 2. The molecule has 112 valence electrons. The van der Waals surface area contributed by atoms with Crippen LogP contribution >= 0.6 is 11.3 Å². The summed E-state index contributed by atoms with van der Waals surface area (Å²) in [4.78, 5) is 4.71. The van der Waals surface area contributed by atoms with Gasteiger partial charge in [-0.15, -0.1) is 11.3 Å². The Morgan fingerprint density at radius 1 is 1.09 bits per heavy atom. The number of nitrogens with zero attached hydrogens (tertiary/aromatic N) is 1. The van der Waals surface area contributed by atoms with E-state index < -0.39 is 0 Å². The van der Waals surface area contributed by atoms with Gasteiger partial charge in [-0.2, -0.15) is 0 Å². The molecule has 3 rings (SSSR count). The average molecular weight is 310 g/mol. The lowest BCUT2D eigenvalue weighted by Crippen LogP contribution is -2.12. The van der Waals surface area contributed by atoms with E-state index in [2.05, 4.69) is 24.4 Å². The molecule has 0 amide bonds. The van der Waals surface area contributed by atoms with Crippen LogP contribution in [-0.4, -0.2) is 12.1 Å². The third-order valence-electron chi connectivity index (χ3n) is 3.70. The summed E-state index contributed by atoms with van der Waals surface area (Å²) in [7, 11) is 1.66. The fourth-order valence-corrected chi connectivity index (χ4v) is 3.24. The smallest absolute Gasteiger partial charge is 0.118 e. The van der Waals surface area contributed by atoms with E-state index in [1.54, 1.807) is 18.4 Å². The lowest BCUT2D eigenvalue weighted by Gasteiger charge is -2.11. The van der Waals surface area contributed by atoms with E-state index in [1.807, 2.05) is 36.4 Å². The summed E-state index contributed by atoms with van der Waals surface area (Å²) in [5, 5.41) is 2.98. The molecule has 1 heterocycles. The summed E-state index contributed by atoms with van der Waals surface area (Å²) < 4.78 is 5.18. The van der Waals surface area contributed by atoms with Crippen molar-refractivity contribution in [2.24, 2.45) is 5.73 Å². The normalized spacial score (nSPS) is 12.1. The molecule has 0 spiro atoms. The van der Waals surface area contributed by atoms with Gasteiger partial charge in [0.2, 0.25) is 0 Å².